The summed E-state index contributed by atoms with van der Waals surface area (Å²) in [6.45, 7) is 3.66. The van der Waals surface area contributed by atoms with Crippen LogP contribution < -0.4 is 5.32 Å². The smallest absolute Gasteiger partial charge is 0.00414 e. The van der Waals surface area contributed by atoms with E-state index in [0.717, 1.165) is 17.9 Å². The highest BCUT2D eigenvalue weighted by Gasteiger charge is 2.23. The molecule has 0 heterocycles. The molecule has 0 saturated heterocycles. The molecule has 15 heavy (non-hydrogen) atoms. The lowest BCUT2D eigenvalue weighted by atomic mass is 10.00. The van der Waals surface area contributed by atoms with Gasteiger partial charge >= 0.3 is 0 Å². The molecule has 0 aromatic carbocycles. The molecule has 0 aromatic heterocycles. The van der Waals surface area contributed by atoms with Crippen LogP contribution in [0.5, 0.6) is 0 Å². The van der Waals surface area contributed by atoms with Gasteiger partial charge in [0.2, 0.25) is 0 Å². The lowest BCUT2D eigenvalue weighted by Gasteiger charge is -2.19. The molecule has 1 nitrogen and oxygen atoms in total. The maximum atomic E-state index is 3.75. The Morgan fingerprint density at radius 2 is 1.60 bits per heavy atom. The van der Waals surface area contributed by atoms with Gasteiger partial charge in [-0.3, -0.25) is 0 Å². The Hall–Kier alpha value is -0.0400. The van der Waals surface area contributed by atoms with Gasteiger partial charge in [0.05, 0.1) is 0 Å². The number of hydrogen-bond donors (Lipinski definition) is 1. The first-order valence-corrected chi connectivity index (χ1v) is 7.08. The van der Waals surface area contributed by atoms with E-state index in [0.29, 0.717) is 0 Å². The van der Waals surface area contributed by atoms with E-state index in [-0.39, 0.29) is 0 Å². The summed E-state index contributed by atoms with van der Waals surface area (Å²) in [6, 6.07) is 0.765. The summed E-state index contributed by atoms with van der Waals surface area (Å²) in [5.74, 6) is 2.05. The first-order chi connectivity index (χ1) is 7.34. The molecular formula is C14H27N. The van der Waals surface area contributed by atoms with Crippen LogP contribution in [0.15, 0.2) is 0 Å². The number of nitrogens with one attached hydrogen (secondary N) is 1. The molecule has 0 amide bonds. The highest BCUT2D eigenvalue weighted by molar-refractivity contribution is 4.78. The van der Waals surface area contributed by atoms with Crippen LogP contribution in [0.4, 0.5) is 0 Å². The highest BCUT2D eigenvalue weighted by atomic mass is 14.9. The predicted molar refractivity (Wildman–Crippen MR) is 66.0 cm³/mol. The lowest BCUT2D eigenvalue weighted by molar-refractivity contribution is 0.384. The Morgan fingerprint density at radius 1 is 0.933 bits per heavy atom. The number of rotatable bonds is 5. The van der Waals surface area contributed by atoms with Crippen molar-refractivity contribution >= 4 is 0 Å². The Labute approximate surface area is 95.0 Å². The van der Waals surface area contributed by atoms with Gasteiger partial charge in [-0.05, 0) is 44.6 Å². The van der Waals surface area contributed by atoms with E-state index < -0.39 is 0 Å². The molecule has 2 rings (SSSR count). The van der Waals surface area contributed by atoms with Gasteiger partial charge in [-0.2, -0.15) is 0 Å². The molecule has 0 aromatic rings. The summed E-state index contributed by atoms with van der Waals surface area (Å²) in [4.78, 5) is 0. The molecule has 2 fully saturated rings. The molecule has 1 heteroatoms. The van der Waals surface area contributed by atoms with Gasteiger partial charge in [0.1, 0.15) is 0 Å². The van der Waals surface area contributed by atoms with Crippen LogP contribution in [-0.4, -0.2) is 12.6 Å². The normalized spacial score (nSPS) is 26.2. The van der Waals surface area contributed by atoms with Crippen molar-refractivity contribution in [1.29, 1.82) is 0 Å². The van der Waals surface area contributed by atoms with E-state index in [1.54, 1.807) is 0 Å². The first-order valence-electron chi connectivity index (χ1n) is 7.08. The molecule has 0 bridgehead atoms. The Balaban J connectivity index is 1.58. The molecule has 1 N–H and O–H groups in total. The maximum absolute atomic E-state index is 3.75. The van der Waals surface area contributed by atoms with Crippen molar-refractivity contribution in [3.8, 4) is 0 Å². The summed E-state index contributed by atoms with van der Waals surface area (Å²) >= 11 is 0. The van der Waals surface area contributed by atoms with Gasteiger partial charge in [-0.25, -0.2) is 0 Å². The fourth-order valence-electron chi connectivity index (χ4n) is 2.87. The zero-order chi connectivity index (χ0) is 10.5. The van der Waals surface area contributed by atoms with Crippen LogP contribution in [0.3, 0.4) is 0 Å². The molecule has 0 radical (unpaired) electrons. The predicted octanol–water partition coefficient (Wildman–Crippen LogP) is 3.74. The second-order valence-electron chi connectivity index (χ2n) is 5.85. The summed E-state index contributed by atoms with van der Waals surface area (Å²) in [5, 5.41) is 3.75. The summed E-state index contributed by atoms with van der Waals surface area (Å²) in [7, 11) is 0. The monoisotopic (exact) mass is 209 g/mol. The number of hydrogen-bond acceptors (Lipinski definition) is 1. The molecule has 0 aliphatic heterocycles. The fraction of sp³-hybridized carbons (Fsp3) is 1.00. The molecule has 1 atom stereocenters. The lowest BCUT2D eigenvalue weighted by Crippen LogP contribution is -2.31. The minimum atomic E-state index is 0.765. The van der Waals surface area contributed by atoms with Gasteiger partial charge < -0.3 is 5.32 Å². The molecule has 1 unspecified atom stereocenters. The van der Waals surface area contributed by atoms with Crippen molar-refractivity contribution in [2.24, 2.45) is 11.8 Å². The van der Waals surface area contributed by atoms with Crippen LogP contribution in [0.2, 0.25) is 0 Å². The van der Waals surface area contributed by atoms with Crippen LogP contribution >= 0.6 is 0 Å². The van der Waals surface area contributed by atoms with Crippen LogP contribution in [0.25, 0.3) is 0 Å². The average Bonchev–Trinajstić information content (AvgIpc) is 3.01. The molecule has 88 valence electrons. The fourth-order valence-corrected chi connectivity index (χ4v) is 2.87. The van der Waals surface area contributed by atoms with Gasteiger partial charge in [0, 0.05) is 6.04 Å². The largest absolute Gasteiger partial charge is 0.314 e. The van der Waals surface area contributed by atoms with Crippen molar-refractivity contribution in [2.45, 2.75) is 70.8 Å². The van der Waals surface area contributed by atoms with E-state index in [1.165, 1.54) is 64.3 Å². The topological polar surface area (TPSA) is 12.0 Å². The third kappa shape index (κ3) is 4.55. The zero-order valence-electron chi connectivity index (χ0n) is 10.3. The van der Waals surface area contributed by atoms with E-state index in [1.807, 2.05) is 0 Å². The van der Waals surface area contributed by atoms with E-state index >= 15 is 0 Å². The van der Waals surface area contributed by atoms with Crippen molar-refractivity contribution in [2.75, 3.05) is 6.54 Å². The van der Waals surface area contributed by atoms with Gasteiger partial charge in [-0.15, -0.1) is 0 Å². The summed E-state index contributed by atoms with van der Waals surface area (Å²) in [5.41, 5.74) is 0. The average molecular weight is 209 g/mol. The minimum Gasteiger partial charge on any atom is -0.314 e. The molecule has 2 saturated carbocycles. The molecule has 2 aliphatic carbocycles. The molecule has 0 spiro atoms. The third-order valence-electron chi connectivity index (χ3n) is 4.11. The van der Waals surface area contributed by atoms with Crippen molar-refractivity contribution in [1.82, 2.24) is 5.32 Å². The first kappa shape index (κ1) is 11.4. The molecule has 2 aliphatic rings. The highest BCUT2D eigenvalue weighted by Crippen LogP contribution is 2.33. The standard InChI is InChI=1S/C14H27N/c1-12(10-13-8-9-13)15-11-14-6-4-2-3-5-7-14/h12-15H,2-11H2,1H3. The second kappa shape index (κ2) is 5.89. The van der Waals surface area contributed by atoms with Crippen molar-refractivity contribution in [3.05, 3.63) is 0 Å². The SMILES string of the molecule is CC(CC1CC1)NCC1CCCCCC1. The maximum Gasteiger partial charge on any atom is 0.00414 e. The van der Waals surface area contributed by atoms with Gasteiger partial charge in [0.15, 0.2) is 0 Å². The van der Waals surface area contributed by atoms with Crippen LogP contribution in [0, 0.1) is 11.8 Å². The van der Waals surface area contributed by atoms with E-state index in [4.69, 9.17) is 0 Å². The Bertz CT molecular complexity index is 166. The van der Waals surface area contributed by atoms with E-state index in [2.05, 4.69) is 12.2 Å². The van der Waals surface area contributed by atoms with Crippen molar-refractivity contribution < 1.29 is 0 Å². The Kier molecular flexibility index (Phi) is 4.49. The summed E-state index contributed by atoms with van der Waals surface area (Å²) in [6.07, 6.45) is 13.3. The van der Waals surface area contributed by atoms with Crippen LogP contribution in [0.1, 0.15) is 64.7 Å². The molecular weight excluding hydrogens is 182 g/mol. The quantitative estimate of drug-likeness (QED) is 0.680. The van der Waals surface area contributed by atoms with Gasteiger partial charge in [0.25, 0.3) is 0 Å². The second-order valence-corrected chi connectivity index (χ2v) is 5.85. The van der Waals surface area contributed by atoms with Crippen LogP contribution in [-0.2, 0) is 0 Å². The van der Waals surface area contributed by atoms with Crippen molar-refractivity contribution in [3.63, 3.8) is 0 Å². The zero-order valence-corrected chi connectivity index (χ0v) is 10.3. The van der Waals surface area contributed by atoms with Gasteiger partial charge in [-0.1, -0.05) is 38.5 Å². The third-order valence-corrected chi connectivity index (χ3v) is 4.11. The summed E-state index contributed by atoms with van der Waals surface area (Å²) < 4.78 is 0. The minimum absolute atomic E-state index is 0.765. The van der Waals surface area contributed by atoms with E-state index in [9.17, 15) is 0 Å². The Morgan fingerprint density at radius 3 is 2.20 bits per heavy atom.